The molecule has 288 valence electrons. The molecule has 4 aromatic carbocycles. The summed E-state index contributed by atoms with van der Waals surface area (Å²) in [7, 11) is 2.09. The third kappa shape index (κ3) is 9.74. The number of carbonyl (C=O) groups excluding carboxylic acids is 3. The Labute approximate surface area is 326 Å². The maximum Gasteiger partial charge on any atom is 0.408 e. The minimum Gasteiger partial charge on any atom is -0.445 e. The number of aliphatic hydroxyl groups is 1. The van der Waals surface area contributed by atoms with E-state index in [0.29, 0.717) is 13.0 Å². The topological polar surface area (TPSA) is 131 Å². The van der Waals surface area contributed by atoms with Crippen LogP contribution in [0, 0.1) is 0 Å². The Morgan fingerprint density at radius 3 is 2.36 bits per heavy atom. The van der Waals surface area contributed by atoms with E-state index in [-0.39, 0.29) is 44.3 Å². The predicted molar refractivity (Wildman–Crippen MR) is 209 cm³/mol. The maximum absolute atomic E-state index is 13.3. The van der Waals surface area contributed by atoms with Gasteiger partial charge in [0, 0.05) is 43.4 Å². The lowest BCUT2D eigenvalue weighted by molar-refractivity contribution is -0.252. The number of likely N-dealkylation sites (tertiary alicyclic amines) is 1. The molecule has 2 fully saturated rings. The number of hydrogen-bond acceptors (Lipinski definition) is 9. The highest BCUT2D eigenvalue weighted by atomic mass is 16.7. The van der Waals surface area contributed by atoms with E-state index in [1.54, 1.807) is 0 Å². The molecule has 3 amide bonds. The third-order valence-electron chi connectivity index (χ3n) is 10.2. The van der Waals surface area contributed by atoms with Crippen LogP contribution in [-0.4, -0.2) is 70.1 Å². The Morgan fingerprint density at radius 2 is 1.61 bits per heavy atom. The average Bonchev–Trinajstić information content (AvgIpc) is 3.50. The Balaban J connectivity index is 1.02. The van der Waals surface area contributed by atoms with Crippen LogP contribution in [0.15, 0.2) is 128 Å². The van der Waals surface area contributed by atoms with E-state index in [0.717, 1.165) is 57.6 Å². The number of aliphatic hydroxyl groups excluding tert-OH is 1. The van der Waals surface area contributed by atoms with Gasteiger partial charge < -0.3 is 29.5 Å². The normalized spacial score (nSPS) is 19.7. The van der Waals surface area contributed by atoms with E-state index in [1.807, 2.05) is 128 Å². The molecule has 0 saturated carbocycles. The predicted octanol–water partition coefficient (Wildman–Crippen LogP) is 6.51. The van der Waals surface area contributed by atoms with Crippen LogP contribution in [0.4, 0.5) is 4.79 Å². The minimum atomic E-state index is -0.992. The number of alkyl carbamates (subject to hydrolysis) is 1. The maximum atomic E-state index is 13.3. The van der Waals surface area contributed by atoms with Crippen LogP contribution < -0.4 is 5.32 Å². The second-order valence-electron chi connectivity index (χ2n) is 14.2. The first kappa shape index (κ1) is 38.6. The Morgan fingerprint density at radius 1 is 0.875 bits per heavy atom. The van der Waals surface area contributed by atoms with Gasteiger partial charge in [0.15, 0.2) is 6.29 Å². The number of rotatable bonds is 14. The van der Waals surface area contributed by atoms with E-state index >= 15 is 0 Å². The van der Waals surface area contributed by atoms with Crippen molar-refractivity contribution in [1.29, 1.82) is 0 Å². The van der Waals surface area contributed by atoms with Crippen LogP contribution in [-0.2, 0) is 50.0 Å². The molecule has 3 heterocycles. The summed E-state index contributed by atoms with van der Waals surface area (Å²) in [6.45, 7) is 1.64. The van der Waals surface area contributed by atoms with E-state index < -0.39 is 24.3 Å². The van der Waals surface area contributed by atoms with E-state index in [4.69, 9.17) is 14.2 Å². The molecule has 11 nitrogen and oxygen atoms in total. The highest BCUT2D eigenvalue weighted by molar-refractivity contribution is 6.06. The van der Waals surface area contributed by atoms with E-state index in [1.165, 1.54) is 4.90 Å². The number of benzene rings is 4. The SMILES string of the molecule is CN(CCc1ccccn1)C[C@@H]1C[C@H](c2ccc(CO)cc2)O[C@H](c2ccc(-c3ccccc3CN3C(=O)CC(NC(=O)OCc4ccccc4)C3=O)cc2)O1. The number of aromatic nitrogens is 1. The lowest BCUT2D eigenvalue weighted by atomic mass is 9.97. The number of nitrogens with one attached hydrogen (secondary N) is 1. The van der Waals surface area contributed by atoms with E-state index in [2.05, 4.69) is 22.2 Å². The second kappa shape index (κ2) is 18.3. The van der Waals surface area contributed by atoms with Gasteiger partial charge in [0.2, 0.25) is 5.91 Å². The molecule has 2 N–H and O–H groups in total. The zero-order valence-corrected chi connectivity index (χ0v) is 31.3. The third-order valence-corrected chi connectivity index (χ3v) is 10.2. The first-order valence-electron chi connectivity index (χ1n) is 18.9. The van der Waals surface area contributed by atoms with Crippen molar-refractivity contribution in [3.05, 3.63) is 161 Å². The van der Waals surface area contributed by atoms with Gasteiger partial charge in [0.1, 0.15) is 12.6 Å². The summed E-state index contributed by atoms with van der Waals surface area (Å²) in [6.07, 6.45) is 1.50. The molecule has 2 aliphatic heterocycles. The van der Waals surface area contributed by atoms with Crippen molar-refractivity contribution >= 4 is 17.9 Å². The summed E-state index contributed by atoms with van der Waals surface area (Å²) in [5.41, 5.74) is 7.16. The van der Waals surface area contributed by atoms with Gasteiger partial charge in [-0.05, 0) is 52.6 Å². The Bertz CT molecular complexity index is 2080. The van der Waals surface area contributed by atoms with Crippen molar-refractivity contribution in [1.82, 2.24) is 20.1 Å². The molecule has 1 aromatic heterocycles. The van der Waals surface area contributed by atoms with Gasteiger partial charge in [-0.2, -0.15) is 0 Å². The summed E-state index contributed by atoms with van der Waals surface area (Å²) in [5, 5.41) is 12.2. The molecule has 0 spiro atoms. The number of amides is 3. The van der Waals surface area contributed by atoms with Gasteiger partial charge in [-0.25, -0.2) is 4.79 Å². The number of hydrogen-bond donors (Lipinski definition) is 2. The molecule has 2 saturated heterocycles. The highest BCUT2D eigenvalue weighted by Crippen LogP contribution is 2.39. The quantitative estimate of drug-likeness (QED) is 0.122. The van der Waals surface area contributed by atoms with Crippen molar-refractivity contribution in [3.8, 4) is 11.1 Å². The number of pyridine rings is 1. The second-order valence-corrected chi connectivity index (χ2v) is 14.2. The Kier molecular flexibility index (Phi) is 12.6. The molecule has 56 heavy (non-hydrogen) atoms. The molecule has 0 aliphatic carbocycles. The molecule has 11 heteroatoms. The van der Waals surface area contributed by atoms with Gasteiger partial charge in [0.25, 0.3) is 5.91 Å². The monoisotopic (exact) mass is 754 g/mol. The first-order chi connectivity index (χ1) is 27.3. The molecule has 7 rings (SSSR count). The molecule has 0 radical (unpaired) electrons. The first-order valence-corrected chi connectivity index (χ1v) is 18.9. The standard InChI is InChI=1S/C45H46N4O7/c1-48(24-22-37-12-7-8-23-46-37)28-38-25-41(34-16-14-31(29-50)15-17-34)56-44(55-38)35-20-18-33(19-21-35)39-13-6-5-11-36(39)27-49-42(51)26-40(43(49)52)47-45(53)54-30-32-9-3-2-4-10-32/h2-21,23,38,40-41,44,50H,22,24-30H2,1H3,(H,47,53)/t38-,40?,41+,44+/m0/s1. The highest BCUT2D eigenvalue weighted by Gasteiger charge is 2.40. The van der Waals surface area contributed by atoms with Crippen molar-refractivity contribution in [3.63, 3.8) is 0 Å². The number of ether oxygens (including phenoxy) is 3. The van der Waals surface area contributed by atoms with Crippen molar-refractivity contribution in [2.24, 2.45) is 0 Å². The number of imide groups is 1. The minimum absolute atomic E-state index is 0.0227. The zero-order chi connectivity index (χ0) is 38.9. The molecule has 5 aromatic rings. The van der Waals surface area contributed by atoms with Gasteiger partial charge in [-0.3, -0.25) is 19.5 Å². The molecule has 1 unspecified atom stereocenters. The summed E-state index contributed by atoms with van der Waals surface area (Å²) in [6, 6.07) is 37.7. The lowest BCUT2D eigenvalue weighted by Crippen LogP contribution is -2.41. The molecule has 2 aliphatic rings. The van der Waals surface area contributed by atoms with Gasteiger partial charge in [-0.1, -0.05) is 109 Å². The molecular formula is C45H46N4O7. The van der Waals surface area contributed by atoms with Crippen LogP contribution >= 0.6 is 0 Å². The fourth-order valence-electron chi connectivity index (χ4n) is 7.12. The summed E-state index contributed by atoms with van der Waals surface area (Å²) < 4.78 is 18.5. The van der Waals surface area contributed by atoms with Crippen LogP contribution in [0.1, 0.15) is 58.7 Å². The molecule has 0 bridgehead atoms. The smallest absolute Gasteiger partial charge is 0.408 e. The molecule has 4 atom stereocenters. The fourth-order valence-corrected chi connectivity index (χ4v) is 7.12. The average molecular weight is 755 g/mol. The van der Waals surface area contributed by atoms with Crippen molar-refractivity contribution in [2.45, 2.75) is 63.6 Å². The van der Waals surface area contributed by atoms with Crippen LogP contribution in [0.2, 0.25) is 0 Å². The largest absolute Gasteiger partial charge is 0.445 e. The van der Waals surface area contributed by atoms with Crippen molar-refractivity contribution in [2.75, 3.05) is 20.1 Å². The number of carbonyl (C=O) groups is 3. The Hall–Kier alpha value is -5.72. The summed E-state index contributed by atoms with van der Waals surface area (Å²) in [4.78, 5) is 46.8. The van der Waals surface area contributed by atoms with Crippen molar-refractivity contribution < 1.29 is 33.7 Å². The number of likely N-dealkylation sites (N-methyl/N-ethyl adjacent to an activating group) is 1. The fraction of sp³-hybridized carbons (Fsp3) is 0.289. The van der Waals surface area contributed by atoms with Gasteiger partial charge in [-0.15, -0.1) is 0 Å². The lowest BCUT2D eigenvalue weighted by Gasteiger charge is -2.38. The number of nitrogens with zero attached hydrogens (tertiary/aromatic N) is 3. The summed E-state index contributed by atoms with van der Waals surface area (Å²) >= 11 is 0. The summed E-state index contributed by atoms with van der Waals surface area (Å²) in [5.74, 6) is -0.835. The molecular weight excluding hydrogens is 709 g/mol. The van der Waals surface area contributed by atoms with E-state index in [9.17, 15) is 19.5 Å². The van der Waals surface area contributed by atoms with Gasteiger partial charge in [0.05, 0.1) is 31.8 Å². The van der Waals surface area contributed by atoms with Gasteiger partial charge >= 0.3 is 6.09 Å². The van der Waals surface area contributed by atoms with Crippen LogP contribution in [0.3, 0.4) is 0 Å². The van der Waals surface area contributed by atoms with Crippen LogP contribution in [0.5, 0.6) is 0 Å². The van der Waals surface area contributed by atoms with Crippen LogP contribution in [0.25, 0.3) is 11.1 Å². The zero-order valence-electron chi connectivity index (χ0n) is 31.3.